The lowest BCUT2D eigenvalue weighted by atomic mass is 9.96. The van der Waals surface area contributed by atoms with Crippen LogP contribution in [0.2, 0.25) is 5.02 Å². The smallest absolute Gasteiger partial charge is 0.126 e. The molecule has 0 bridgehead atoms. The molecule has 1 heterocycles. The van der Waals surface area contributed by atoms with Crippen LogP contribution in [0.4, 0.5) is 10.1 Å². The monoisotopic (exact) mass is 297 g/mol. The summed E-state index contributed by atoms with van der Waals surface area (Å²) in [5, 5.41) is 3.84. The Hall–Kier alpha value is -0.840. The zero-order valence-electron chi connectivity index (χ0n) is 11.7. The summed E-state index contributed by atoms with van der Waals surface area (Å²) in [4.78, 5) is 2.53. The molecular formula is C15H21ClFN3. The second kappa shape index (κ2) is 5.17. The van der Waals surface area contributed by atoms with Crippen molar-refractivity contribution < 1.29 is 4.39 Å². The van der Waals surface area contributed by atoms with E-state index in [1.54, 1.807) is 6.07 Å². The molecule has 2 unspecified atom stereocenters. The molecule has 2 atom stereocenters. The molecule has 3 rings (SSSR count). The van der Waals surface area contributed by atoms with Crippen molar-refractivity contribution in [2.45, 2.75) is 43.8 Å². The highest BCUT2D eigenvalue weighted by Gasteiger charge is 2.46. The molecule has 0 aromatic heterocycles. The number of anilines is 1. The summed E-state index contributed by atoms with van der Waals surface area (Å²) in [6.45, 7) is 3.70. The Bertz CT molecular complexity index is 486. The molecule has 1 aromatic rings. The van der Waals surface area contributed by atoms with Gasteiger partial charge < -0.3 is 11.1 Å². The fourth-order valence-corrected chi connectivity index (χ4v) is 3.59. The molecule has 1 aliphatic carbocycles. The summed E-state index contributed by atoms with van der Waals surface area (Å²) in [5.41, 5.74) is 6.55. The van der Waals surface area contributed by atoms with E-state index in [1.807, 2.05) is 0 Å². The molecule has 5 heteroatoms. The standard InChI is InChI=1S/C15H21ClFN3/c1-10-7-15(8-18,9-20(10)14-2-3-14)19-13-5-11(16)4-12(17)6-13/h4-6,10,14,19H,2-3,7-9,18H2,1H3. The fourth-order valence-electron chi connectivity index (χ4n) is 3.37. The molecule has 1 aliphatic heterocycles. The normalized spacial score (nSPS) is 30.7. The summed E-state index contributed by atoms with van der Waals surface area (Å²) in [6, 6.07) is 5.79. The summed E-state index contributed by atoms with van der Waals surface area (Å²) in [7, 11) is 0. The van der Waals surface area contributed by atoms with Crippen LogP contribution in [0.3, 0.4) is 0 Å². The van der Waals surface area contributed by atoms with Crippen LogP contribution in [0.15, 0.2) is 18.2 Å². The van der Waals surface area contributed by atoms with Crippen molar-refractivity contribution in [3.63, 3.8) is 0 Å². The Morgan fingerprint density at radius 1 is 1.45 bits per heavy atom. The summed E-state index contributed by atoms with van der Waals surface area (Å²) in [6.07, 6.45) is 3.56. The number of nitrogens with two attached hydrogens (primary N) is 1. The van der Waals surface area contributed by atoms with E-state index in [1.165, 1.54) is 25.0 Å². The first-order valence-corrected chi connectivity index (χ1v) is 7.59. The molecule has 20 heavy (non-hydrogen) atoms. The molecule has 0 amide bonds. The molecule has 1 saturated heterocycles. The molecule has 1 saturated carbocycles. The van der Waals surface area contributed by atoms with E-state index in [4.69, 9.17) is 17.3 Å². The third-order valence-electron chi connectivity index (χ3n) is 4.42. The molecule has 1 aromatic carbocycles. The minimum absolute atomic E-state index is 0.181. The summed E-state index contributed by atoms with van der Waals surface area (Å²) >= 11 is 5.92. The van der Waals surface area contributed by atoms with Gasteiger partial charge >= 0.3 is 0 Å². The molecular weight excluding hydrogens is 277 g/mol. The van der Waals surface area contributed by atoms with Gasteiger partial charge in [-0.3, -0.25) is 4.90 Å². The number of nitrogens with zero attached hydrogens (tertiary/aromatic N) is 1. The predicted octanol–water partition coefficient (Wildman–Crippen LogP) is 2.85. The second-order valence-corrected chi connectivity index (χ2v) is 6.66. The largest absolute Gasteiger partial charge is 0.377 e. The van der Waals surface area contributed by atoms with Gasteiger partial charge in [-0.1, -0.05) is 11.6 Å². The number of nitrogens with one attached hydrogen (secondary N) is 1. The third-order valence-corrected chi connectivity index (χ3v) is 4.63. The molecule has 3 N–H and O–H groups in total. The van der Waals surface area contributed by atoms with E-state index in [9.17, 15) is 4.39 Å². The van der Waals surface area contributed by atoms with Crippen molar-refractivity contribution in [2.24, 2.45) is 5.73 Å². The zero-order valence-corrected chi connectivity index (χ0v) is 12.5. The molecule has 2 fully saturated rings. The number of hydrogen-bond donors (Lipinski definition) is 2. The first-order valence-electron chi connectivity index (χ1n) is 7.21. The van der Waals surface area contributed by atoms with Gasteiger partial charge in [-0.25, -0.2) is 4.39 Å². The van der Waals surface area contributed by atoms with Crippen molar-refractivity contribution in [3.8, 4) is 0 Å². The van der Waals surface area contributed by atoms with Crippen LogP contribution >= 0.6 is 11.6 Å². The number of likely N-dealkylation sites (tertiary alicyclic amines) is 1. The van der Waals surface area contributed by atoms with Gasteiger partial charge in [0.15, 0.2) is 0 Å². The van der Waals surface area contributed by atoms with E-state index < -0.39 is 0 Å². The topological polar surface area (TPSA) is 41.3 Å². The van der Waals surface area contributed by atoms with E-state index >= 15 is 0 Å². The van der Waals surface area contributed by atoms with Crippen LogP contribution < -0.4 is 11.1 Å². The quantitative estimate of drug-likeness (QED) is 0.898. The van der Waals surface area contributed by atoms with Gasteiger partial charge in [0.1, 0.15) is 5.82 Å². The van der Waals surface area contributed by atoms with Crippen molar-refractivity contribution in [1.29, 1.82) is 0 Å². The van der Waals surface area contributed by atoms with Gasteiger partial charge in [-0.2, -0.15) is 0 Å². The van der Waals surface area contributed by atoms with Crippen molar-refractivity contribution in [2.75, 3.05) is 18.4 Å². The van der Waals surface area contributed by atoms with Crippen LogP contribution in [-0.2, 0) is 0 Å². The number of hydrogen-bond acceptors (Lipinski definition) is 3. The van der Waals surface area contributed by atoms with Crippen LogP contribution in [0.5, 0.6) is 0 Å². The Labute approximate surface area is 124 Å². The van der Waals surface area contributed by atoms with E-state index in [0.29, 0.717) is 23.3 Å². The lowest BCUT2D eigenvalue weighted by molar-refractivity contribution is 0.252. The van der Waals surface area contributed by atoms with Gasteiger partial charge in [0, 0.05) is 35.9 Å². The molecule has 0 spiro atoms. The molecule has 110 valence electrons. The first kappa shape index (κ1) is 14.1. The number of halogens is 2. The van der Waals surface area contributed by atoms with Gasteiger partial charge in [0.05, 0.1) is 5.54 Å². The Morgan fingerprint density at radius 3 is 2.80 bits per heavy atom. The predicted molar refractivity (Wildman–Crippen MR) is 80.6 cm³/mol. The molecule has 0 radical (unpaired) electrons. The van der Waals surface area contributed by atoms with E-state index in [2.05, 4.69) is 17.1 Å². The fraction of sp³-hybridized carbons (Fsp3) is 0.600. The van der Waals surface area contributed by atoms with Crippen LogP contribution in [-0.4, -0.2) is 35.6 Å². The molecule has 3 nitrogen and oxygen atoms in total. The zero-order chi connectivity index (χ0) is 14.3. The maximum Gasteiger partial charge on any atom is 0.126 e. The van der Waals surface area contributed by atoms with Crippen LogP contribution in [0, 0.1) is 5.82 Å². The highest BCUT2D eigenvalue weighted by molar-refractivity contribution is 6.30. The SMILES string of the molecule is CC1CC(CN)(Nc2cc(F)cc(Cl)c2)CN1C1CC1. The maximum atomic E-state index is 13.5. The number of rotatable bonds is 4. The van der Waals surface area contributed by atoms with E-state index in [0.717, 1.165) is 19.0 Å². The lowest BCUT2D eigenvalue weighted by Gasteiger charge is -2.30. The minimum Gasteiger partial charge on any atom is -0.377 e. The Balaban J connectivity index is 1.79. The Kier molecular flexibility index (Phi) is 3.65. The Morgan fingerprint density at radius 2 is 2.20 bits per heavy atom. The van der Waals surface area contributed by atoms with E-state index in [-0.39, 0.29) is 11.4 Å². The lowest BCUT2D eigenvalue weighted by Crippen LogP contribution is -2.48. The average Bonchev–Trinajstić information content (AvgIpc) is 3.14. The minimum atomic E-state index is -0.322. The third kappa shape index (κ3) is 2.78. The number of benzene rings is 1. The maximum absolute atomic E-state index is 13.5. The average molecular weight is 298 g/mol. The van der Waals surface area contributed by atoms with Crippen molar-refractivity contribution in [1.82, 2.24) is 4.90 Å². The first-order chi connectivity index (χ1) is 9.51. The van der Waals surface area contributed by atoms with Crippen LogP contribution in [0.1, 0.15) is 26.2 Å². The summed E-state index contributed by atoms with van der Waals surface area (Å²) < 4.78 is 13.5. The van der Waals surface area contributed by atoms with Crippen molar-refractivity contribution in [3.05, 3.63) is 29.0 Å². The van der Waals surface area contributed by atoms with Crippen LogP contribution in [0.25, 0.3) is 0 Å². The van der Waals surface area contributed by atoms with Gasteiger partial charge in [0.25, 0.3) is 0 Å². The highest BCUT2D eigenvalue weighted by Crippen LogP contribution is 2.38. The summed E-state index contributed by atoms with van der Waals surface area (Å²) in [5.74, 6) is -0.322. The van der Waals surface area contributed by atoms with Crippen molar-refractivity contribution >= 4 is 17.3 Å². The van der Waals surface area contributed by atoms with Gasteiger partial charge in [-0.05, 0) is 44.4 Å². The molecule has 2 aliphatic rings. The second-order valence-electron chi connectivity index (χ2n) is 6.22. The van der Waals surface area contributed by atoms with Gasteiger partial charge in [0.2, 0.25) is 0 Å². The highest BCUT2D eigenvalue weighted by atomic mass is 35.5. The van der Waals surface area contributed by atoms with Gasteiger partial charge in [-0.15, -0.1) is 0 Å².